The Morgan fingerprint density at radius 2 is 1.94 bits per heavy atom. The average molecular weight is 449 g/mol. The number of hydrogen-bond donors (Lipinski definition) is 3. The summed E-state index contributed by atoms with van der Waals surface area (Å²) in [5, 5.41) is 16.6. The zero-order chi connectivity index (χ0) is 22.1. The lowest BCUT2D eigenvalue weighted by molar-refractivity contribution is -0.0870. The Morgan fingerprint density at radius 3 is 2.66 bits per heavy atom. The molecule has 1 atom stereocenters. The summed E-state index contributed by atoms with van der Waals surface area (Å²) in [6.07, 6.45) is 4.80. The molecule has 1 spiro atoms. The molecule has 0 aromatic heterocycles. The Morgan fingerprint density at radius 1 is 1.19 bits per heavy atom. The van der Waals surface area contributed by atoms with Crippen molar-refractivity contribution >= 4 is 5.96 Å². The Bertz CT molecular complexity index is 820. The van der Waals surface area contributed by atoms with E-state index in [0.29, 0.717) is 31.7 Å². The topological polar surface area (TPSA) is 90.3 Å². The molecule has 4 aliphatic rings. The highest BCUT2D eigenvalue weighted by Crippen LogP contribution is 2.40. The molecule has 3 N–H and O–H groups in total. The zero-order valence-corrected chi connectivity index (χ0v) is 18.4. The molecule has 0 aliphatic carbocycles. The minimum atomic E-state index is -0.203. The number of guanidine groups is 1. The van der Waals surface area contributed by atoms with E-state index >= 15 is 0 Å². The fraction of sp³-hybridized carbons (Fsp3) is 0.696. The van der Waals surface area contributed by atoms with E-state index in [1.807, 2.05) is 5.48 Å². The van der Waals surface area contributed by atoms with Gasteiger partial charge >= 0.3 is 0 Å². The van der Waals surface area contributed by atoms with Crippen molar-refractivity contribution in [1.82, 2.24) is 15.3 Å². The van der Waals surface area contributed by atoms with E-state index < -0.39 is 0 Å². The summed E-state index contributed by atoms with van der Waals surface area (Å²) in [6, 6.07) is 5.33. The van der Waals surface area contributed by atoms with Gasteiger partial charge in [-0.25, -0.2) is 9.87 Å². The van der Waals surface area contributed by atoms with Gasteiger partial charge in [0.1, 0.15) is 23.3 Å². The minimum absolute atomic E-state index is 0.0253. The smallest absolute Gasteiger partial charge is 0.215 e. The maximum atomic E-state index is 14.1. The Kier molecular flexibility index (Phi) is 6.24. The highest BCUT2D eigenvalue weighted by atomic mass is 19.1. The van der Waals surface area contributed by atoms with Crippen LogP contribution in [-0.2, 0) is 9.47 Å². The molecule has 1 unspecified atom stereocenters. The van der Waals surface area contributed by atoms with Crippen molar-refractivity contribution < 1.29 is 23.8 Å². The molecular formula is C23H33FN4O4. The number of halogens is 1. The number of nitrogens with one attached hydrogen (secondary N) is 2. The number of hydrogen-bond acceptors (Lipinski definition) is 6. The van der Waals surface area contributed by atoms with Crippen LogP contribution in [0.15, 0.2) is 18.2 Å². The first-order chi connectivity index (χ1) is 15.5. The molecule has 4 aliphatic heterocycles. The van der Waals surface area contributed by atoms with E-state index in [9.17, 15) is 4.39 Å². The van der Waals surface area contributed by atoms with E-state index in [2.05, 4.69) is 4.90 Å². The molecule has 176 valence electrons. The zero-order valence-electron chi connectivity index (χ0n) is 18.4. The number of rotatable bonds is 4. The van der Waals surface area contributed by atoms with Gasteiger partial charge in [-0.1, -0.05) is 0 Å². The van der Waals surface area contributed by atoms with Crippen molar-refractivity contribution in [1.29, 1.82) is 5.41 Å². The third-order valence-corrected chi connectivity index (χ3v) is 7.49. The second-order valence-corrected chi connectivity index (χ2v) is 9.59. The molecule has 0 saturated carbocycles. The predicted molar refractivity (Wildman–Crippen MR) is 116 cm³/mol. The molecule has 1 aromatic rings. The van der Waals surface area contributed by atoms with Gasteiger partial charge in [0, 0.05) is 24.4 Å². The van der Waals surface area contributed by atoms with Crippen molar-refractivity contribution in [2.75, 3.05) is 46.0 Å². The maximum Gasteiger partial charge on any atom is 0.215 e. The van der Waals surface area contributed by atoms with Crippen LogP contribution in [0.25, 0.3) is 0 Å². The third kappa shape index (κ3) is 4.44. The third-order valence-electron chi connectivity index (χ3n) is 7.49. The fourth-order valence-electron chi connectivity index (χ4n) is 5.65. The van der Waals surface area contributed by atoms with Gasteiger partial charge in [0.25, 0.3) is 0 Å². The van der Waals surface area contributed by atoms with Gasteiger partial charge in [0.05, 0.1) is 32.9 Å². The molecule has 8 nitrogen and oxygen atoms in total. The van der Waals surface area contributed by atoms with Gasteiger partial charge in [0.2, 0.25) is 5.96 Å². The number of hydroxylamine groups is 1. The molecule has 4 heterocycles. The average Bonchev–Trinajstić information content (AvgIpc) is 3.26. The summed E-state index contributed by atoms with van der Waals surface area (Å²) in [5.74, 6) is 0.945. The minimum Gasteiger partial charge on any atom is -0.490 e. The molecule has 0 bridgehead atoms. The van der Waals surface area contributed by atoms with Crippen LogP contribution in [0.5, 0.6) is 5.75 Å². The van der Waals surface area contributed by atoms with Crippen LogP contribution in [0.3, 0.4) is 0 Å². The van der Waals surface area contributed by atoms with Gasteiger partial charge in [0.15, 0.2) is 0 Å². The fourth-order valence-corrected chi connectivity index (χ4v) is 5.65. The second-order valence-electron chi connectivity index (χ2n) is 9.59. The number of piperidine rings is 1. The molecule has 4 fully saturated rings. The molecule has 32 heavy (non-hydrogen) atoms. The maximum absolute atomic E-state index is 14.1. The summed E-state index contributed by atoms with van der Waals surface area (Å²) < 4.78 is 32.0. The van der Waals surface area contributed by atoms with E-state index in [4.69, 9.17) is 24.8 Å². The second kappa shape index (κ2) is 9.13. The lowest BCUT2D eigenvalue weighted by Crippen LogP contribution is -2.65. The van der Waals surface area contributed by atoms with Crippen molar-refractivity contribution in [3.05, 3.63) is 29.6 Å². The molecule has 0 radical (unpaired) electrons. The van der Waals surface area contributed by atoms with Crippen molar-refractivity contribution in [2.45, 2.75) is 55.8 Å². The molecular weight excluding hydrogens is 415 g/mol. The van der Waals surface area contributed by atoms with Gasteiger partial charge in [-0.2, -0.15) is 0 Å². The van der Waals surface area contributed by atoms with Crippen LogP contribution in [0, 0.1) is 11.2 Å². The summed E-state index contributed by atoms with van der Waals surface area (Å²) in [6.45, 7) is 5.35. The van der Waals surface area contributed by atoms with Crippen molar-refractivity contribution in [2.24, 2.45) is 0 Å². The van der Waals surface area contributed by atoms with Crippen LogP contribution in [0.2, 0.25) is 0 Å². The van der Waals surface area contributed by atoms with Crippen LogP contribution in [0.4, 0.5) is 4.39 Å². The van der Waals surface area contributed by atoms with E-state index in [1.165, 1.54) is 6.07 Å². The normalized spacial score (nSPS) is 26.8. The van der Waals surface area contributed by atoms with E-state index in [1.54, 1.807) is 17.0 Å². The lowest BCUT2D eigenvalue weighted by Gasteiger charge is -2.48. The number of ether oxygens (including phenoxy) is 3. The Hall–Kier alpha value is -1.94. The quantitative estimate of drug-likeness (QED) is 0.370. The number of likely N-dealkylation sites (tertiary alicyclic amines) is 2. The molecule has 4 saturated heterocycles. The summed E-state index contributed by atoms with van der Waals surface area (Å²) in [5.41, 5.74) is 2.71. The van der Waals surface area contributed by atoms with Gasteiger partial charge < -0.3 is 19.1 Å². The van der Waals surface area contributed by atoms with E-state index in [0.717, 1.165) is 69.7 Å². The van der Waals surface area contributed by atoms with Gasteiger partial charge in [-0.05, 0) is 56.5 Å². The van der Waals surface area contributed by atoms with Crippen molar-refractivity contribution in [3.63, 3.8) is 0 Å². The molecule has 9 heteroatoms. The van der Waals surface area contributed by atoms with E-state index in [-0.39, 0.29) is 23.5 Å². The van der Waals surface area contributed by atoms with Crippen LogP contribution < -0.4 is 10.2 Å². The van der Waals surface area contributed by atoms with Crippen LogP contribution >= 0.6 is 0 Å². The summed E-state index contributed by atoms with van der Waals surface area (Å²) in [4.78, 5) is 4.28. The monoisotopic (exact) mass is 448 g/mol. The lowest BCUT2D eigenvalue weighted by atomic mass is 9.86. The summed E-state index contributed by atoms with van der Waals surface area (Å²) >= 11 is 0. The first kappa shape index (κ1) is 21.9. The molecule has 0 amide bonds. The predicted octanol–water partition coefficient (Wildman–Crippen LogP) is 2.32. The first-order valence-electron chi connectivity index (χ1n) is 11.7. The van der Waals surface area contributed by atoms with Gasteiger partial charge in [-0.15, -0.1) is 0 Å². The van der Waals surface area contributed by atoms with Gasteiger partial charge in [-0.3, -0.25) is 15.5 Å². The molecule has 5 rings (SSSR count). The standard InChI is InChI=1S/C23H33FN4O4/c24-17-1-2-21(32-19-5-9-30-10-6-19)20(11-17)16-3-7-27(8-4-16)18-12-23(31-13-18)14-28(15-23)22(25)26-29/h1-2,11,16,18-19,29H,3-10,12-15H2,(H2,25,26). The number of benzene rings is 1. The number of nitrogens with zero attached hydrogens (tertiary/aromatic N) is 2. The Labute approximate surface area is 188 Å². The molecule has 1 aromatic carbocycles. The van der Waals surface area contributed by atoms with Crippen LogP contribution in [0.1, 0.15) is 43.6 Å². The SMILES string of the molecule is N=C(NO)N1CC2(CC(N3CCC(c4cc(F)ccc4OC4CCOCC4)CC3)CO2)C1. The summed E-state index contributed by atoms with van der Waals surface area (Å²) in [7, 11) is 0. The Balaban J connectivity index is 1.17. The largest absolute Gasteiger partial charge is 0.490 e. The van der Waals surface area contributed by atoms with Crippen molar-refractivity contribution in [3.8, 4) is 5.75 Å². The first-order valence-corrected chi connectivity index (χ1v) is 11.7. The highest BCUT2D eigenvalue weighted by Gasteiger charge is 2.51. The van der Waals surface area contributed by atoms with Crippen LogP contribution in [-0.4, -0.2) is 84.7 Å². The highest BCUT2D eigenvalue weighted by molar-refractivity contribution is 5.76.